The number of halogens is 1. The number of hydrogen-bond donors (Lipinski definition) is 1. The highest BCUT2D eigenvalue weighted by atomic mass is 127. The van der Waals surface area contributed by atoms with E-state index in [2.05, 4.69) is 51.4 Å². The molecule has 2 rings (SSSR count). The van der Waals surface area contributed by atoms with Gasteiger partial charge in [-0.3, -0.25) is 4.99 Å². The van der Waals surface area contributed by atoms with Crippen LogP contribution in [0.5, 0.6) is 0 Å². The molecule has 8 heteroatoms. The number of para-hydroxylation sites is 1. The van der Waals surface area contributed by atoms with E-state index in [0.717, 1.165) is 31.9 Å². The van der Waals surface area contributed by atoms with Gasteiger partial charge in [-0.05, 0) is 38.8 Å². The molecule has 0 bridgehead atoms. The summed E-state index contributed by atoms with van der Waals surface area (Å²) < 4.78 is 23.6. The maximum atomic E-state index is 12.1. The normalized spacial score (nSPS) is 18.5. The van der Waals surface area contributed by atoms with Crippen molar-refractivity contribution in [3.8, 4) is 0 Å². The number of rotatable bonds is 6. The Morgan fingerprint density at radius 1 is 1.26 bits per heavy atom. The van der Waals surface area contributed by atoms with E-state index in [0.29, 0.717) is 13.1 Å². The lowest BCUT2D eigenvalue weighted by molar-refractivity contribution is 0.353. The van der Waals surface area contributed by atoms with Crippen LogP contribution in [0.3, 0.4) is 0 Å². The Bertz CT molecular complexity index is 708. The maximum absolute atomic E-state index is 12.1. The number of benzene rings is 1. The summed E-state index contributed by atoms with van der Waals surface area (Å²) in [6, 6.07) is 10.4. The summed E-state index contributed by atoms with van der Waals surface area (Å²) >= 11 is 0. The average Bonchev–Trinajstić information content (AvgIpc) is 2.61. The number of guanidine groups is 1. The first kappa shape index (κ1) is 24.0. The monoisotopic (exact) mass is 508 g/mol. The zero-order chi connectivity index (χ0) is 19.2. The van der Waals surface area contributed by atoms with Crippen molar-refractivity contribution in [3.05, 3.63) is 30.3 Å². The van der Waals surface area contributed by atoms with E-state index in [1.165, 1.54) is 5.69 Å². The molecule has 1 aromatic carbocycles. The largest absolute Gasteiger partial charge is 0.375 e. The van der Waals surface area contributed by atoms with Crippen LogP contribution in [-0.2, 0) is 9.84 Å². The topological polar surface area (TPSA) is 65.0 Å². The fourth-order valence-corrected chi connectivity index (χ4v) is 4.51. The third kappa shape index (κ3) is 6.51. The smallest absolute Gasteiger partial charge is 0.193 e. The zero-order valence-corrected chi connectivity index (χ0v) is 20.0. The van der Waals surface area contributed by atoms with Crippen LogP contribution in [0.1, 0.15) is 26.7 Å². The van der Waals surface area contributed by atoms with Gasteiger partial charge >= 0.3 is 0 Å². The number of anilines is 1. The van der Waals surface area contributed by atoms with Gasteiger partial charge in [0.25, 0.3) is 0 Å². The predicted octanol–water partition coefficient (Wildman–Crippen LogP) is 2.61. The van der Waals surface area contributed by atoms with Crippen LogP contribution in [0.25, 0.3) is 0 Å². The Morgan fingerprint density at radius 2 is 1.93 bits per heavy atom. The first-order valence-electron chi connectivity index (χ1n) is 9.21. The Hall–Kier alpha value is -1.03. The second kappa shape index (κ2) is 10.5. The molecule has 0 aromatic heterocycles. The molecule has 1 heterocycles. The molecule has 1 aliphatic rings. The number of hydrogen-bond acceptors (Lipinski definition) is 4. The molecule has 0 spiro atoms. The van der Waals surface area contributed by atoms with Gasteiger partial charge in [-0.15, -0.1) is 24.0 Å². The zero-order valence-electron chi connectivity index (χ0n) is 16.8. The standard InChI is InChI=1S/C19H32N4O2S.HI/c1-19(2)16-23(14-15-26(19,24)25)18(20-3)21-12-8-9-13-22(4)17-10-6-5-7-11-17;/h5-7,10-11H,8-9,12-16H2,1-4H3,(H,20,21);1H. The van der Waals surface area contributed by atoms with Crippen molar-refractivity contribution in [1.29, 1.82) is 0 Å². The fraction of sp³-hybridized carbons (Fsp3) is 0.632. The molecule has 154 valence electrons. The van der Waals surface area contributed by atoms with Gasteiger partial charge in [0.05, 0.1) is 10.5 Å². The summed E-state index contributed by atoms with van der Waals surface area (Å²) in [5.74, 6) is 0.979. The first-order valence-corrected chi connectivity index (χ1v) is 10.9. The Labute approximate surface area is 181 Å². The molecule has 27 heavy (non-hydrogen) atoms. The fourth-order valence-electron chi connectivity index (χ4n) is 3.14. The van der Waals surface area contributed by atoms with Crippen LogP contribution in [-0.4, -0.2) is 70.1 Å². The number of nitrogens with zero attached hydrogens (tertiary/aromatic N) is 3. The molecular weight excluding hydrogens is 475 g/mol. The summed E-state index contributed by atoms with van der Waals surface area (Å²) in [5.41, 5.74) is 1.23. The first-order chi connectivity index (χ1) is 12.3. The average molecular weight is 508 g/mol. The second-order valence-electron chi connectivity index (χ2n) is 7.44. The lowest BCUT2D eigenvalue weighted by atomic mass is 10.2. The van der Waals surface area contributed by atoms with E-state index < -0.39 is 14.6 Å². The number of aliphatic imine (C=N–C) groups is 1. The van der Waals surface area contributed by atoms with Crippen LogP contribution in [0.15, 0.2) is 35.3 Å². The highest BCUT2D eigenvalue weighted by Gasteiger charge is 2.40. The van der Waals surface area contributed by atoms with Crippen molar-refractivity contribution in [2.75, 3.05) is 50.9 Å². The molecule has 6 nitrogen and oxygen atoms in total. The second-order valence-corrected chi connectivity index (χ2v) is 10.2. The molecule has 0 aliphatic carbocycles. The SMILES string of the molecule is CN=C(NCCCCN(C)c1ccccc1)N1CCS(=O)(=O)C(C)(C)C1.I. The van der Waals surface area contributed by atoms with Crippen molar-refractivity contribution < 1.29 is 8.42 Å². The summed E-state index contributed by atoms with van der Waals surface area (Å²) in [6.45, 7) is 6.40. The minimum atomic E-state index is -3.03. The lowest BCUT2D eigenvalue weighted by Crippen LogP contribution is -2.57. The number of sulfone groups is 1. The minimum Gasteiger partial charge on any atom is -0.375 e. The molecule has 1 aliphatic heterocycles. The van der Waals surface area contributed by atoms with Crippen LogP contribution in [0.2, 0.25) is 0 Å². The molecule has 1 fully saturated rings. The Kier molecular flexibility index (Phi) is 9.33. The van der Waals surface area contributed by atoms with E-state index in [4.69, 9.17) is 0 Å². The number of nitrogens with one attached hydrogen (secondary N) is 1. The summed E-state index contributed by atoms with van der Waals surface area (Å²) in [5, 5.41) is 3.38. The maximum Gasteiger partial charge on any atom is 0.193 e. The quantitative estimate of drug-likeness (QED) is 0.277. The molecule has 0 atom stereocenters. The minimum absolute atomic E-state index is 0. The predicted molar refractivity (Wildman–Crippen MR) is 125 cm³/mol. The van der Waals surface area contributed by atoms with Crippen molar-refractivity contribution in [1.82, 2.24) is 10.2 Å². The third-order valence-corrected chi connectivity index (χ3v) is 7.49. The van der Waals surface area contributed by atoms with Crippen LogP contribution >= 0.6 is 24.0 Å². The molecular formula is C19H33IN4O2S. The van der Waals surface area contributed by atoms with E-state index in [-0.39, 0.29) is 29.7 Å². The van der Waals surface area contributed by atoms with Gasteiger partial charge in [0.2, 0.25) is 0 Å². The van der Waals surface area contributed by atoms with Crippen molar-refractivity contribution in [3.63, 3.8) is 0 Å². The molecule has 1 saturated heterocycles. The van der Waals surface area contributed by atoms with Gasteiger partial charge in [0, 0.05) is 46.0 Å². The van der Waals surface area contributed by atoms with Crippen LogP contribution in [0, 0.1) is 0 Å². The molecule has 0 radical (unpaired) electrons. The summed E-state index contributed by atoms with van der Waals surface area (Å²) in [7, 11) is 0.830. The van der Waals surface area contributed by atoms with Crippen molar-refractivity contribution in [2.24, 2.45) is 4.99 Å². The molecule has 0 saturated carbocycles. The van der Waals surface area contributed by atoms with Crippen LogP contribution in [0.4, 0.5) is 5.69 Å². The van der Waals surface area contributed by atoms with Gasteiger partial charge < -0.3 is 15.1 Å². The van der Waals surface area contributed by atoms with Gasteiger partial charge in [-0.1, -0.05) is 18.2 Å². The van der Waals surface area contributed by atoms with Gasteiger partial charge in [-0.2, -0.15) is 0 Å². The summed E-state index contributed by atoms with van der Waals surface area (Å²) in [6.07, 6.45) is 2.11. The Balaban J connectivity index is 0.00000364. The molecule has 1 aromatic rings. The van der Waals surface area contributed by atoms with E-state index in [9.17, 15) is 8.42 Å². The highest BCUT2D eigenvalue weighted by molar-refractivity contribution is 14.0. The van der Waals surface area contributed by atoms with Crippen molar-refractivity contribution in [2.45, 2.75) is 31.4 Å². The van der Waals surface area contributed by atoms with E-state index in [1.54, 1.807) is 20.9 Å². The molecule has 1 N–H and O–H groups in total. The molecule has 0 unspecified atom stereocenters. The van der Waals surface area contributed by atoms with E-state index >= 15 is 0 Å². The third-order valence-electron chi connectivity index (χ3n) is 4.96. The van der Waals surface area contributed by atoms with Gasteiger partial charge in [-0.25, -0.2) is 8.42 Å². The Morgan fingerprint density at radius 3 is 2.52 bits per heavy atom. The van der Waals surface area contributed by atoms with Crippen LogP contribution < -0.4 is 10.2 Å². The van der Waals surface area contributed by atoms with Gasteiger partial charge in [0.1, 0.15) is 0 Å². The molecule has 0 amide bonds. The van der Waals surface area contributed by atoms with Gasteiger partial charge in [0.15, 0.2) is 15.8 Å². The lowest BCUT2D eigenvalue weighted by Gasteiger charge is -2.39. The number of unbranched alkanes of at least 4 members (excludes halogenated alkanes) is 1. The van der Waals surface area contributed by atoms with E-state index in [1.807, 2.05) is 6.07 Å². The summed E-state index contributed by atoms with van der Waals surface area (Å²) in [4.78, 5) is 8.64. The highest BCUT2D eigenvalue weighted by Crippen LogP contribution is 2.23. The van der Waals surface area contributed by atoms with Crippen molar-refractivity contribution >= 4 is 45.5 Å².